The third-order valence-corrected chi connectivity index (χ3v) is 2.37. The Hall–Kier alpha value is -0.830. The smallest absolute Gasteiger partial charge is 0.305 e. The molecule has 0 rings (SSSR count). The number of carbonyl (C=O) groups is 1. The van der Waals surface area contributed by atoms with Gasteiger partial charge in [0.2, 0.25) is 0 Å². The molecule has 0 aliphatic rings. The number of rotatable bonds is 9. The molecule has 0 fully saturated rings. The number of hydrogen-bond donors (Lipinski definition) is 1. The summed E-state index contributed by atoms with van der Waals surface area (Å²) in [5.41, 5.74) is 0. The molecule has 0 aromatic carbocycles. The number of aliphatic hydroxyl groups excluding tert-OH is 1. The second-order valence-corrected chi connectivity index (χ2v) is 4.09. The molecule has 0 aromatic rings. The first-order chi connectivity index (χ1) is 7.66. The molecule has 0 saturated heterocycles. The number of esters is 1. The molecule has 94 valence electrons. The molecule has 0 heterocycles. The average molecular weight is 228 g/mol. The molecule has 3 heteroatoms. The van der Waals surface area contributed by atoms with Crippen molar-refractivity contribution >= 4 is 5.97 Å². The predicted octanol–water partition coefficient (Wildman–Crippen LogP) is 2.83. The van der Waals surface area contributed by atoms with Gasteiger partial charge in [0.05, 0.1) is 13.2 Å². The van der Waals surface area contributed by atoms with E-state index in [1.165, 1.54) is 7.11 Å². The van der Waals surface area contributed by atoms with E-state index in [0.29, 0.717) is 6.42 Å². The van der Waals surface area contributed by atoms with Gasteiger partial charge in [-0.2, -0.15) is 0 Å². The summed E-state index contributed by atoms with van der Waals surface area (Å²) in [5.74, 6) is -0.114. The van der Waals surface area contributed by atoms with Crippen LogP contribution in [0.2, 0.25) is 0 Å². The SMILES string of the molecule is COC(=O)CCCCCCC=CCC(C)O. The van der Waals surface area contributed by atoms with Crippen LogP contribution in [0.5, 0.6) is 0 Å². The summed E-state index contributed by atoms with van der Waals surface area (Å²) in [6.07, 6.45) is 10.5. The minimum absolute atomic E-state index is 0.114. The highest BCUT2D eigenvalue weighted by molar-refractivity contribution is 5.68. The fourth-order valence-corrected chi connectivity index (χ4v) is 1.40. The summed E-state index contributed by atoms with van der Waals surface area (Å²) in [7, 11) is 1.43. The van der Waals surface area contributed by atoms with Crippen LogP contribution >= 0.6 is 0 Å². The molecule has 0 bridgehead atoms. The number of methoxy groups -OCH3 is 1. The van der Waals surface area contributed by atoms with Gasteiger partial charge in [-0.1, -0.05) is 25.0 Å². The van der Waals surface area contributed by atoms with E-state index in [1.54, 1.807) is 6.92 Å². The molecule has 16 heavy (non-hydrogen) atoms. The molecule has 0 saturated carbocycles. The Kier molecular flexibility index (Phi) is 10.1. The Morgan fingerprint density at radius 1 is 1.25 bits per heavy atom. The number of hydrogen-bond acceptors (Lipinski definition) is 3. The van der Waals surface area contributed by atoms with Gasteiger partial charge in [-0.15, -0.1) is 0 Å². The molecule has 3 nitrogen and oxygen atoms in total. The van der Waals surface area contributed by atoms with Crippen molar-refractivity contribution in [3.8, 4) is 0 Å². The van der Waals surface area contributed by atoms with Crippen LogP contribution in [0.25, 0.3) is 0 Å². The van der Waals surface area contributed by atoms with Crippen LogP contribution < -0.4 is 0 Å². The van der Waals surface area contributed by atoms with Crippen LogP contribution in [0.3, 0.4) is 0 Å². The van der Waals surface area contributed by atoms with Crippen LogP contribution in [-0.2, 0) is 9.53 Å². The Morgan fingerprint density at radius 3 is 2.56 bits per heavy atom. The quantitative estimate of drug-likeness (QED) is 0.375. The maximum Gasteiger partial charge on any atom is 0.305 e. The van der Waals surface area contributed by atoms with Gasteiger partial charge < -0.3 is 9.84 Å². The molecule has 1 N–H and O–H groups in total. The average Bonchev–Trinajstić information content (AvgIpc) is 2.26. The van der Waals surface area contributed by atoms with Crippen molar-refractivity contribution in [1.82, 2.24) is 0 Å². The molecule has 0 radical (unpaired) electrons. The van der Waals surface area contributed by atoms with Gasteiger partial charge in [-0.05, 0) is 32.6 Å². The van der Waals surface area contributed by atoms with Crippen molar-refractivity contribution in [2.24, 2.45) is 0 Å². The zero-order valence-corrected chi connectivity index (χ0v) is 10.4. The van der Waals surface area contributed by atoms with E-state index >= 15 is 0 Å². The molecule has 0 amide bonds. The fourth-order valence-electron chi connectivity index (χ4n) is 1.40. The van der Waals surface area contributed by atoms with Crippen LogP contribution in [0.1, 0.15) is 51.9 Å². The Morgan fingerprint density at radius 2 is 1.94 bits per heavy atom. The zero-order chi connectivity index (χ0) is 12.2. The number of unbranched alkanes of at least 4 members (excludes halogenated alkanes) is 4. The minimum Gasteiger partial charge on any atom is -0.469 e. The first-order valence-corrected chi connectivity index (χ1v) is 6.06. The topological polar surface area (TPSA) is 46.5 Å². The van der Waals surface area contributed by atoms with E-state index in [2.05, 4.69) is 10.8 Å². The minimum atomic E-state index is -0.240. The van der Waals surface area contributed by atoms with Gasteiger partial charge in [0, 0.05) is 6.42 Å². The van der Waals surface area contributed by atoms with E-state index in [9.17, 15) is 4.79 Å². The summed E-state index contributed by atoms with van der Waals surface area (Å²) in [6, 6.07) is 0. The lowest BCUT2D eigenvalue weighted by molar-refractivity contribution is -0.140. The van der Waals surface area contributed by atoms with Gasteiger partial charge >= 0.3 is 5.97 Å². The first kappa shape index (κ1) is 15.2. The Bertz CT molecular complexity index is 197. The third-order valence-electron chi connectivity index (χ3n) is 2.37. The Balaban J connectivity index is 3.15. The summed E-state index contributed by atoms with van der Waals surface area (Å²) in [6.45, 7) is 1.79. The van der Waals surface area contributed by atoms with Gasteiger partial charge in [-0.3, -0.25) is 4.79 Å². The van der Waals surface area contributed by atoms with Crippen molar-refractivity contribution in [2.45, 2.75) is 58.0 Å². The van der Waals surface area contributed by atoms with E-state index in [1.807, 2.05) is 6.08 Å². The van der Waals surface area contributed by atoms with Crippen molar-refractivity contribution in [2.75, 3.05) is 7.11 Å². The molecule has 0 aliphatic heterocycles. The van der Waals surface area contributed by atoms with Crippen LogP contribution in [0.4, 0.5) is 0 Å². The van der Waals surface area contributed by atoms with Crippen molar-refractivity contribution < 1.29 is 14.6 Å². The maximum atomic E-state index is 10.8. The lowest BCUT2D eigenvalue weighted by atomic mass is 10.1. The van der Waals surface area contributed by atoms with Gasteiger partial charge in [-0.25, -0.2) is 0 Å². The molecule has 0 spiro atoms. The van der Waals surface area contributed by atoms with Crippen molar-refractivity contribution in [3.63, 3.8) is 0 Å². The normalized spacial score (nSPS) is 12.9. The van der Waals surface area contributed by atoms with E-state index < -0.39 is 0 Å². The highest BCUT2D eigenvalue weighted by Gasteiger charge is 1.98. The second-order valence-electron chi connectivity index (χ2n) is 4.09. The monoisotopic (exact) mass is 228 g/mol. The van der Waals surface area contributed by atoms with Gasteiger partial charge in [0.15, 0.2) is 0 Å². The largest absolute Gasteiger partial charge is 0.469 e. The highest BCUT2D eigenvalue weighted by Crippen LogP contribution is 2.06. The lowest BCUT2D eigenvalue weighted by Gasteiger charge is -1.99. The van der Waals surface area contributed by atoms with E-state index in [0.717, 1.165) is 38.5 Å². The van der Waals surface area contributed by atoms with Gasteiger partial charge in [0.25, 0.3) is 0 Å². The highest BCUT2D eigenvalue weighted by atomic mass is 16.5. The number of carbonyl (C=O) groups excluding carboxylic acids is 1. The molecule has 0 aromatic heterocycles. The lowest BCUT2D eigenvalue weighted by Crippen LogP contribution is -1.99. The van der Waals surface area contributed by atoms with Crippen LogP contribution in [0, 0.1) is 0 Å². The van der Waals surface area contributed by atoms with Crippen molar-refractivity contribution in [1.29, 1.82) is 0 Å². The molecule has 0 aliphatic carbocycles. The molecular weight excluding hydrogens is 204 g/mol. The zero-order valence-electron chi connectivity index (χ0n) is 10.4. The molecule has 1 atom stereocenters. The van der Waals surface area contributed by atoms with E-state index in [4.69, 9.17) is 5.11 Å². The number of aliphatic hydroxyl groups is 1. The second kappa shape index (κ2) is 10.7. The third kappa shape index (κ3) is 11.2. The van der Waals surface area contributed by atoms with Crippen molar-refractivity contribution in [3.05, 3.63) is 12.2 Å². The standard InChI is InChI=1S/C13H24O3/c1-12(14)10-8-6-4-3-5-7-9-11-13(15)16-2/h6,8,12,14H,3-5,7,9-11H2,1-2H3. The summed E-state index contributed by atoms with van der Waals surface area (Å²) in [4.78, 5) is 10.8. The van der Waals surface area contributed by atoms with Crippen LogP contribution in [-0.4, -0.2) is 24.3 Å². The summed E-state index contributed by atoms with van der Waals surface area (Å²) < 4.78 is 4.56. The number of ether oxygens (including phenoxy) is 1. The maximum absolute atomic E-state index is 10.8. The summed E-state index contributed by atoms with van der Waals surface area (Å²) >= 11 is 0. The van der Waals surface area contributed by atoms with Gasteiger partial charge in [0.1, 0.15) is 0 Å². The number of allylic oxidation sites excluding steroid dienone is 1. The summed E-state index contributed by atoms with van der Waals surface area (Å²) in [5, 5.41) is 9.01. The predicted molar refractivity (Wildman–Crippen MR) is 65.2 cm³/mol. The first-order valence-electron chi connectivity index (χ1n) is 6.06. The molecular formula is C13H24O3. The molecule has 1 unspecified atom stereocenters. The van der Waals surface area contributed by atoms with Crippen LogP contribution in [0.15, 0.2) is 12.2 Å². The van der Waals surface area contributed by atoms with E-state index in [-0.39, 0.29) is 12.1 Å². The Labute approximate surface area is 98.5 Å². The fraction of sp³-hybridized carbons (Fsp3) is 0.769.